The first-order valence-corrected chi connectivity index (χ1v) is 9.23. The largest absolute Gasteiger partial charge is 0.495 e. The van der Waals surface area contributed by atoms with E-state index in [0.717, 1.165) is 28.1 Å². The Kier molecular flexibility index (Phi) is 4.95. The molecule has 29 heavy (non-hydrogen) atoms. The molecule has 0 aliphatic heterocycles. The molecule has 0 saturated carbocycles. The molecular weight excluding hydrogens is 366 g/mol. The molecule has 4 aromatic heterocycles. The van der Waals surface area contributed by atoms with E-state index in [2.05, 4.69) is 20.3 Å². The predicted molar refractivity (Wildman–Crippen MR) is 110 cm³/mol. The van der Waals surface area contributed by atoms with Gasteiger partial charge in [-0.1, -0.05) is 6.07 Å². The highest BCUT2D eigenvalue weighted by Gasteiger charge is 2.12. The molecule has 1 amide bonds. The van der Waals surface area contributed by atoms with Gasteiger partial charge in [0.2, 0.25) is 0 Å². The molecule has 0 aromatic carbocycles. The first-order valence-electron chi connectivity index (χ1n) is 9.23. The zero-order valence-corrected chi connectivity index (χ0v) is 16.5. The molecule has 0 radical (unpaired) electrons. The molecular formula is C22H21N5O2. The maximum absolute atomic E-state index is 12.5. The van der Waals surface area contributed by atoms with Gasteiger partial charge in [-0.3, -0.25) is 14.8 Å². The number of imidazole rings is 1. The highest BCUT2D eigenvalue weighted by atomic mass is 16.5. The van der Waals surface area contributed by atoms with E-state index in [9.17, 15) is 4.79 Å². The maximum Gasteiger partial charge on any atom is 0.271 e. The molecule has 0 aliphatic carbocycles. The number of methoxy groups -OCH3 is 1. The molecule has 4 heterocycles. The lowest BCUT2D eigenvalue weighted by Gasteiger charge is -2.09. The number of aromatic nitrogens is 4. The Hall–Kier alpha value is -3.74. The highest BCUT2D eigenvalue weighted by Crippen LogP contribution is 2.21. The van der Waals surface area contributed by atoms with Crippen LogP contribution in [0.25, 0.3) is 16.9 Å². The minimum atomic E-state index is -0.237. The molecule has 0 saturated heterocycles. The van der Waals surface area contributed by atoms with Gasteiger partial charge in [0.1, 0.15) is 17.1 Å². The number of hydrogen-bond acceptors (Lipinski definition) is 5. The van der Waals surface area contributed by atoms with Crippen LogP contribution < -0.4 is 10.1 Å². The molecule has 146 valence electrons. The van der Waals surface area contributed by atoms with Crippen molar-refractivity contribution in [2.24, 2.45) is 0 Å². The second-order valence-electron chi connectivity index (χ2n) is 6.84. The summed E-state index contributed by atoms with van der Waals surface area (Å²) in [6.45, 7) is 4.34. The fourth-order valence-corrected chi connectivity index (χ4v) is 3.20. The summed E-state index contributed by atoms with van der Waals surface area (Å²) < 4.78 is 6.97. The third kappa shape index (κ3) is 3.94. The van der Waals surface area contributed by atoms with E-state index in [-0.39, 0.29) is 5.91 Å². The Balaban J connectivity index is 1.47. The lowest BCUT2D eigenvalue weighted by atomic mass is 10.1. The Morgan fingerprint density at radius 2 is 2.00 bits per heavy atom. The summed E-state index contributed by atoms with van der Waals surface area (Å²) >= 11 is 0. The molecule has 0 atom stereocenters. The molecule has 1 N–H and O–H groups in total. The van der Waals surface area contributed by atoms with Crippen molar-refractivity contribution in [1.29, 1.82) is 0 Å². The first-order chi connectivity index (χ1) is 14.0. The molecule has 7 nitrogen and oxygen atoms in total. The van der Waals surface area contributed by atoms with E-state index in [1.54, 1.807) is 36.3 Å². The number of pyridine rings is 3. The van der Waals surface area contributed by atoms with Crippen LogP contribution in [0.1, 0.15) is 27.3 Å². The third-order valence-corrected chi connectivity index (χ3v) is 4.65. The number of fused-ring (bicyclic) bond motifs is 1. The second kappa shape index (κ2) is 7.71. The molecule has 7 heteroatoms. The summed E-state index contributed by atoms with van der Waals surface area (Å²) in [5, 5.41) is 2.90. The Morgan fingerprint density at radius 3 is 2.76 bits per heavy atom. The van der Waals surface area contributed by atoms with Crippen molar-refractivity contribution in [2.75, 3.05) is 7.11 Å². The normalized spacial score (nSPS) is 10.9. The van der Waals surface area contributed by atoms with Crippen molar-refractivity contribution in [3.05, 3.63) is 77.6 Å². The summed E-state index contributed by atoms with van der Waals surface area (Å²) in [5.41, 5.74) is 5.91. The standard InChI is InChI=1S/C22H21N5O2/c1-14-8-16(10-24-21(14)17-6-7-23-15(2)9-17)11-25-22(28)19-13-27-12-18(29-3)4-5-20(27)26-19/h4-10,12-13H,11H2,1-3H3,(H,25,28). The van der Waals surface area contributed by atoms with E-state index in [0.29, 0.717) is 23.6 Å². The third-order valence-electron chi connectivity index (χ3n) is 4.65. The highest BCUT2D eigenvalue weighted by molar-refractivity contribution is 5.92. The van der Waals surface area contributed by atoms with Gasteiger partial charge in [-0.05, 0) is 49.2 Å². The van der Waals surface area contributed by atoms with Gasteiger partial charge in [-0.15, -0.1) is 0 Å². The van der Waals surface area contributed by atoms with Crippen molar-refractivity contribution in [3.8, 4) is 17.0 Å². The van der Waals surface area contributed by atoms with Crippen molar-refractivity contribution in [2.45, 2.75) is 20.4 Å². The van der Waals surface area contributed by atoms with E-state index in [1.807, 2.05) is 44.2 Å². The lowest BCUT2D eigenvalue weighted by Crippen LogP contribution is -2.23. The summed E-state index contributed by atoms with van der Waals surface area (Å²) in [4.78, 5) is 25.7. The van der Waals surface area contributed by atoms with Crippen LogP contribution in [0.15, 0.2) is 55.1 Å². The predicted octanol–water partition coefficient (Wildman–Crippen LogP) is 3.35. The summed E-state index contributed by atoms with van der Waals surface area (Å²) in [7, 11) is 1.60. The van der Waals surface area contributed by atoms with Crippen molar-refractivity contribution in [3.63, 3.8) is 0 Å². The monoisotopic (exact) mass is 387 g/mol. The fraction of sp³-hybridized carbons (Fsp3) is 0.182. The zero-order valence-electron chi connectivity index (χ0n) is 16.5. The van der Waals surface area contributed by atoms with Crippen molar-refractivity contribution < 1.29 is 9.53 Å². The number of nitrogens with one attached hydrogen (secondary N) is 1. The SMILES string of the molecule is COc1ccc2nc(C(=O)NCc3cnc(-c4ccnc(C)c4)c(C)c3)cn2c1. The van der Waals surface area contributed by atoms with Gasteiger partial charge in [0.15, 0.2) is 0 Å². The minimum absolute atomic E-state index is 0.237. The average Bonchev–Trinajstić information content (AvgIpc) is 3.15. The second-order valence-corrected chi connectivity index (χ2v) is 6.84. The molecule has 0 unspecified atom stereocenters. The number of carbonyl (C=O) groups excluding carboxylic acids is 1. The van der Waals surface area contributed by atoms with E-state index in [1.165, 1.54) is 0 Å². The number of nitrogens with zero attached hydrogens (tertiary/aromatic N) is 4. The van der Waals surface area contributed by atoms with Crippen LogP contribution in [-0.2, 0) is 6.54 Å². The van der Waals surface area contributed by atoms with Gasteiger partial charge in [-0.25, -0.2) is 4.98 Å². The Labute approximate surface area is 168 Å². The summed E-state index contributed by atoms with van der Waals surface area (Å²) in [6.07, 6.45) is 7.04. The quantitative estimate of drug-likeness (QED) is 0.568. The van der Waals surface area contributed by atoms with Crippen LogP contribution in [0.4, 0.5) is 0 Å². The lowest BCUT2D eigenvalue weighted by molar-refractivity contribution is 0.0946. The van der Waals surface area contributed by atoms with Gasteiger partial charge < -0.3 is 14.5 Å². The smallest absolute Gasteiger partial charge is 0.271 e. The van der Waals surface area contributed by atoms with E-state index < -0.39 is 0 Å². The molecule has 0 spiro atoms. The Morgan fingerprint density at radius 1 is 1.14 bits per heavy atom. The minimum Gasteiger partial charge on any atom is -0.495 e. The van der Waals surface area contributed by atoms with Crippen LogP contribution >= 0.6 is 0 Å². The number of ether oxygens (including phenoxy) is 1. The van der Waals surface area contributed by atoms with Crippen LogP contribution in [0.3, 0.4) is 0 Å². The number of amides is 1. The molecule has 0 bridgehead atoms. The van der Waals surface area contributed by atoms with Gasteiger partial charge in [0.25, 0.3) is 5.91 Å². The van der Waals surface area contributed by atoms with E-state index in [4.69, 9.17) is 4.74 Å². The maximum atomic E-state index is 12.5. The van der Waals surface area contributed by atoms with Gasteiger partial charge in [-0.2, -0.15) is 0 Å². The summed E-state index contributed by atoms with van der Waals surface area (Å²) in [6, 6.07) is 9.61. The first kappa shape index (κ1) is 18.6. The fourth-order valence-electron chi connectivity index (χ4n) is 3.20. The van der Waals surface area contributed by atoms with Crippen molar-refractivity contribution >= 4 is 11.6 Å². The molecule has 0 fully saturated rings. The van der Waals surface area contributed by atoms with Crippen molar-refractivity contribution in [1.82, 2.24) is 24.7 Å². The van der Waals surface area contributed by atoms with Crippen LogP contribution in [-0.4, -0.2) is 32.4 Å². The number of hydrogen-bond donors (Lipinski definition) is 1. The van der Waals surface area contributed by atoms with Gasteiger partial charge in [0.05, 0.1) is 19.0 Å². The van der Waals surface area contributed by atoms with Gasteiger partial charge >= 0.3 is 0 Å². The van der Waals surface area contributed by atoms with Gasteiger partial charge in [0, 0.05) is 36.4 Å². The Bertz CT molecular complexity index is 1200. The number of aryl methyl sites for hydroxylation is 2. The molecule has 4 rings (SSSR count). The number of carbonyl (C=O) groups is 1. The number of rotatable bonds is 5. The summed E-state index contributed by atoms with van der Waals surface area (Å²) in [5.74, 6) is 0.465. The zero-order chi connectivity index (χ0) is 20.4. The topological polar surface area (TPSA) is 81.4 Å². The van der Waals surface area contributed by atoms with Crippen LogP contribution in [0, 0.1) is 13.8 Å². The van der Waals surface area contributed by atoms with Crippen LogP contribution in [0.2, 0.25) is 0 Å². The van der Waals surface area contributed by atoms with Crippen LogP contribution in [0.5, 0.6) is 5.75 Å². The molecule has 4 aromatic rings. The molecule has 0 aliphatic rings. The van der Waals surface area contributed by atoms with E-state index >= 15 is 0 Å². The average molecular weight is 387 g/mol.